The maximum absolute atomic E-state index is 13.2. The molecule has 4 fully saturated rings. The second-order valence-corrected chi connectivity index (χ2v) is 9.21. The van der Waals surface area contributed by atoms with Crippen LogP contribution in [0.5, 0.6) is 0 Å². The van der Waals surface area contributed by atoms with Crippen molar-refractivity contribution >= 4 is 34.0 Å². The van der Waals surface area contributed by atoms with E-state index in [-0.39, 0.29) is 16.2 Å². The molecular formula is C21H22ClNO. The maximum atomic E-state index is 13.2. The molecule has 4 saturated carbocycles. The Hall–Kier alpha value is -1.54. The average Bonchev–Trinajstić information content (AvgIpc) is 2.52. The van der Waals surface area contributed by atoms with Gasteiger partial charge in [0.25, 0.3) is 0 Å². The zero-order valence-corrected chi connectivity index (χ0v) is 14.5. The SMILES string of the molecule is O=C(Nc1ccc2ccccc2c1)C12C[C@@H]3C[C@@H](CC(Cl)(C3)C1)C2. The summed E-state index contributed by atoms with van der Waals surface area (Å²) in [6, 6.07) is 14.4. The minimum atomic E-state index is -0.239. The lowest BCUT2D eigenvalue weighted by Crippen LogP contribution is -2.57. The first-order valence-corrected chi connectivity index (χ1v) is 9.41. The van der Waals surface area contributed by atoms with Crippen molar-refractivity contribution in [1.29, 1.82) is 0 Å². The second-order valence-electron chi connectivity index (χ2n) is 8.41. The Morgan fingerprint density at radius 3 is 2.42 bits per heavy atom. The number of nitrogens with one attached hydrogen (secondary N) is 1. The molecule has 1 amide bonds. The average molecular weight is 340 g/mol. The summed E-state index contributed by atoms with van der Waals surface area (Å²) < 4.78 is 0. The first-order chi connectivity index (χ1) is 11.5. The van der Waals surface area contributed by atoms with Crippen LogP contribution in [0.2, 0.25) is 0 Å². The zero-order chi connectivity index (χ0) is 16.4. The predicted molar refractivity (Wildman–Crippen MR) is 98.3 cm³/mol. The molecule has 2 aromatic carbocycles. The molecule has 0 heterocycles. The van der Waals surface area contributed by atoms with Gasteiger partial charge in [-0.2, -0.15) is 0 Å². The Morgan fingerprint density at radius 1 is 1.00 bits per heavy atom. The van der Waals surface area contributed by atoms with Gasteiger partial charge in [-0.3, -0.25) is 4.79 Å². The Kier molecular flexibility index (Phi) is 3.07. The van der Waals surface area contributed by atoms with Gasteiger partial charge in [0.05, 0.1) is 5.41 Å². The normalized spacial score (nSPS) is 36.9. The summed E-state index contributed by atoms with van der Waals surface area (Å²) in [7, 11) is 0. The van der Waals surface area contributed by atoms with Crippen molar-refractivity contribution < 1.29 is 4.79 Å². The molecule has 4 bridgehead atoms. The summed E-state index contributed by atoms with van der Waals surface area (Å²) in [5.74, 6) is 1.48. The highest BCUT2D eigenvalue weighted by Crippen LogP contribution is 2.64. The number of anilines is 1. The number of halogens is 1. The van der Waals surface area contributed by atoms with Gasteiger partial charge in [0, 0.05) is 10.6 Å². The molecule has 124 valence electrons. The highest BCUT2D eigenvalue weighted by molar-refractivity contribution is 6.24. The fourth-order valence-corrected chi connectivity index (χ4v) is 6.64. The van der Waals surface area contributed by atoms with Crippen molar-refractivity contribution in [3.05, 3.63) is 42.5 Å². The molecule has 6 rings (SSSR count). The smallest absolute Gasteiger partial charge is 0.230 e. The molecule has 2 nitrogen and oxygen atoms in total. The van der Waals surface area contributed by atoms with Crippen LogP contribution in [0.25, 0.3) is 10.8 Å². The van der Waals surface area contributed by atoms with E-state index in [1.807, 2.05) is 18.2 Å². The summed E-state index contributed by atoms with van der Waals surface area (Å²) in [5.41, 5.74) is 0.662. The maximum Gasteiger partial charge on any atom is 0.230 e. The van der Waals surface area contributed by atoms with Crippen molar-refractivity contribution in [3.8, 4) is 0 Å². The van der Waals surface area contributed by atoms with Crippen LogP contribution >= 0.6 is 11.6 Å². The Balaban J connectivity index is 1.43. The van der Waals surface area contributed by atoms with E-state index in [1.54, 1.807) is 0 Å². The van der Waals surface area contributed by atoms with E-state index in [2.05, 4.69) is 29.6 Å². The number of benzene rings is 2. The zero-order valence-electron chi connectivity index (χ0n) is 13.7. The highest BCUT2D eigenvalue weighted by Gasteiger charge is 2.60. The van der Waals surface area contributed by atoms with Crippen LogP contribution in [0, 0.1) is 17.3 Å². The lowest BCUT2D eigenvalue weighted by molar-refractivity contribution is -0.138. The van der Waals surface area contributed by atoms with Crippen molar-refractivity contribution in [2.45, 2.75) is 43.4 Å². The molecule has 2 aromatic rings. The van der Waals surface area contributed by atoms with E-state index in [4.69, 9.17) is 11.6 Å². The third-order valence-electron chi connectivity index (χ3n) is 6.48. The molecule has 24 heavy (non-hydrogen) atoms. The fraction of sp³-hybridized carbons (Fsp3) is 0.476. The number of fused-ring (bicyclic) bond motifs is 1. The lowest BCUT2D eigenvalue weighted by atomic mass is 9.49. The van der Waals surface area contributed by atoms with Gasteiger partial charge >= 0.3 is 0 Å². The molecule has 0 radical (unpaired) electrons. The molecule has 3 heteroatoms. The number of hydrogen-bond acceptors (Lipinski definition) is 1. The molecule has 0 aromatic heterocycles. The van der Waals surface area contributed by atoms with Gasteiger partial charge in [-0.15, -0.1) is 11.6 Å². The lowest BCUT2D eigenvalue weighted by Gasteiger charge is -2.59. The minimum Gasteiger partial charge on any atom is -0.326 e. The summed E-state index contributed by atoms with van der Waals surface area (Å²) in [6.07, 6.45) is 6.40. The first kappa shape index (κ1) is 14.8. The molecule has 4 atom stereocenters. The largest absolute Gasteiger partial charge is 0.326 e. The number of rotatable bonds is 2. The molecular weight excluding hydrogens is 318 g/mol. The van der Waals surface area contributed by atoms with Gasteiger partial charge in [0.15, 0.2) is 0 Å². The summed E-state index contributed by atoms with van der Waals surface area (Å²) in [4.78, 5) is 13.1. The fourth-order valence-electron chi connectivity index (χ4n) is 5.95. The molecule has 4 aliphatic rings. The van der Waals surface area contributed by atoms with Gasteiger partial charge in [0.1, 0.15) is 0 Å². The standard InChI is InChI=1S/C21H22ClNO/c22-21-11-14-7-15(12-21)10-20(9-14,13-21)19(24)23-18-6-5-16-3-1-2-4-17(16)8-18/h1-6,8,14-15H,7,9-13H2,(H,23,24)/t14-,15+,20?,21?. The first-order valence-electron chi connectivity index (χ1n) is 9.03. The number of carbonyl (C=O) groups is 1. The molecule has 0 saturated heterocycles. The summed E-state index contributed by atoms with van der Waals surface area (Å²) >= 11 is 6.87. The van der Waals surface area contributed by atoms with E-state index in [1.165, 1.54) is 11.8 Å². The summed E-state index contributed by atoms with van der Waals surface area (Å²) in [6.45, 7) is 0. The molecule has 0 aliphatic heterocycles. The molecule has 2 unspecified atom stereocenters. The quantitative estimate of drug-likeness (QED) is 0.733. The number of amides is 1. The van der Waals surface area contributed by atoms with Crippen molar-refractivity contribution in [1.82, 2.24) is 0 Å². The van der Waals surface area contributed by atoms with E-state index < -0.39 is 0 Å². The van der Waals surface area contributed by atoms with E-state index >= 15 is 0 Å². The molecule has 4 aliphatic carbocycles. The van der Waals surface area contributed by atoms with Crippen LogP contribution in [0.15, 0.2) is 42.5 Å². The van der Waals surface area contributed by atoms with Crippen molar-refractivity contribution in [2.75, 3.05) is 5.32 Å². The topological polar surface area (TPSA) is 29.1 Å². The van der Waals surface area contributed by atoms with Gasteiger partial charge in [-0.25, -0.2) is 0 Å². The third kappa shape index (κ3) is 2.27. The monoisotopic (exact) mass is 339 g/mol. The number of carbonyl (C=O) groups excluding carboxylic acids is 1. The van der Waals surface area contributed by atoms with Crippen LogP contribution in [0.4, 0.5) is 5.69 Å². The second kappa shape index (κ2) is 4.98. The molecule has 1 N–H and O–H groups in total. The predicted octanol–water partition coefficient (Wildman–Crippen LogP) is 5.36. The number of hydrogen-bond donors (Lipinski definition) is 1. The van der Waals surface area contributed by atoms with Gasteiger partial charge in [-0.1, -0.05) is 30.3 Å². The van der Waals surface area contributed by atoms with Gasteiger partial charge < -0.3 is 5.32 Å². The third-order valence-corrected chi connectivity index (χ3v) is 6.92. The van der Waals surface area contributed by atoms with Gasteiger partial charge in [-0.05, 0) is 73.3 Å². The Morgan fingerprint density at radius 2 is 1.71 bits per heavy atom. The van der Waals surface area contributed by atoms with Gasteiger partial charge in [0.2, 0.25) is 5.91 Å². The van der Waals surface area contributed by atoms with Crippen LogP contribution < -0.4 is 5.32 Å². The summed E-state index contributed by atoms with van der Waals surface area (Å²) in [5, 5.41) is 5.57. The van der Waals surface area contributed by atoms with Crippen molar-refractivity contribution in [2.24, 2.45) is 17.3 Å². The number of alkyl halides is 1. The van der Waals surface area contributed by atoms with E-state index in [0.717, 1.165) is 43.2 Å². The van der Waals surface area contributed by atoms with Crippen molar-refractivity contribution in [3.63, 3.8) is 0 Å². The van der Waals surface area contributed by atoms with Crippen LogP contribution in [0.3, 0.4) is 0 Å². The van der Waals surface area contributed by atoms with Crippen LogP contribution in [-0.2, 0) is 4.79 Å². The Bertz CT molecular complexity index is 815. The minimum absolute atomic E-state index is 0.120. The van der Waals surface area contributed by atoms with E-state index in [0.29, 0.717) is 11.8 Å². The Labute approximate surface area is 147 Å². The van der Waals surface area contributed by atoms with Crippen LogP contribution in [0.1, 0.15) is 38.5 Å². The molecule has 0 spiro atoms. The van der Waals surface area contributed by atoms with Crippen LogP contribution in [-0.4, -0.2) is 10.8 Å². The highest BCUT2D eigenvalue weighted by atomic mass is 35.5. The van der Waals surface area contributed by atoms with E-state index in [9.17, 15) is 4.79 Å².